The molecule has 1 atom stereocenters. The van der Waals surface area contributed by atoms with E-state index >= 15 is 0 Å². The van der Waals surface area contributed by atoms with Gasteiger partial charge in [-0.05, 0) is 36.4 Å². The van der Waals surface area contributed by atoms with Crippen LogP contribution in [-0.4, -0.2) is 66.6 Å². The number of ether oxygens (including phenoxy) is 1. The highest BCUT2D eigenvalue weighted by atomic mass is 35.5. The molecule has 2 aromatic heterocycles. The van der Waals surface area contributed by atoms with Crippen LogP contribution in [0.1, 0.15) is 16.4 Å². The van der Waals surface area contributed by atoms with Crippen LogP contribution >= 0.6 is 11.6 Å². The third-order valence-corrected chi connectivity index (χ3v) is 5.70. The Morgan fingerprint density at radius 2 is 1.84 bits per heavy atom. The van der Waals surface area contributed by atoms with E-state index in [9.17, 15) is 27.9 Å². The molecule has 0 spiro atoms. The molecule has 0 aliphatic rings. The van der Waals surface area contributed by atoms with Crippen LogP contribution in [0.15, 0.2) is 53.3 Å². The number of hydrogen-bond donors (Lipinski definition) is 2. The van der Waals surface area contributed by atoms with Gasteiger partial charge in [-0.3, -0.25) is 9.36 Å². The SMILES string of the molecule is CNC(=O)c1nc(Cn2nc(-c3ccc(Cl)cc3)n(CC(O)C(F)(F)F)c2=O)nn1-c1ccccc1OC. The number of carbonyl (C=O) groups excluding carboxylic acids is 1. The molecule has 1 unspecified atom stereocenters. The first kappa shape index (κ1) is 26.9. The first-order valence-electron chi connectivity index (χ1n) is 11.0. The van der Waals surface area contributed by atoms with Crippen LogP contribution < -0.4 is 15.7 Å². The van der Waals surface area contributed by atoms with Gasteiger partial charge in [-0.15, -0.1) is 10.2 Å². The van der Waals surface area contributed by atoms with Crippen LogP contribution in [0.2, 0.25) is 5.02 Å². The van der Waals surface area contributed by atoms with E-state index in [1.165, 1.54) is 43.1 Å². The van der Waals surface area contributed by atoms with Gasteiger partial charge in [0.25, 0.3) is 5.91 Å². The van der Waals surface area contributed by atoms with E-state index < -0.39 is 30.4 Å². The Bertz CT molecular complexity index is 1510. The molecule has 38 heavy (non-hydrogen) atoms. The second-order valence-electron chi connectivity index (χ2n) is 7.95. The van der Waals surface area contributed by atoms with Crippen molar-refractivity contribution in [3.8, 4) is 22.8 Å². The first-order valence-corrected chi connectivity index (χ1v) is 11.4. The van der Waals surface area contributed by atoms with Crippen molar-refractivity contribution >= 4 is 17.5 Å². The van der Waals surface area contributed by atoms with Crippen molar-refractivity contribution in [2.75, 3.05) is 14.2 Å². The second-order valence-corrected chi connectivity index (χ2v) is 8.39. The van der Waals surface area contributed by atoms with E-state index in [1.54, 1.807) is 24.3 Å². The number of hydrogen-bond acceptors (Lipinski definition) is 7. The zero-order valence-electron chi connectivity index (χ0n) is 20.0. The predicted octanol–water partition coefficient (Wildman–Crippen LogP) is 2.29. The molecule has 4 aromatic rings. The standard InChI is InChI=1S/C23H21ClF3N7O4/c1-28-21(36)20-29-18(30-34(20)15-5-3-4-6-16(15)38-2)12-33-22(37)32(11-17(35)23(25,26)27)19(31-33)13-7-9-14(24)10-8-13/h3-10,17,35H,11-12H2,1-2H3,(H,28,36). The zero-order valence-corrected chi connectivity index (χ0v) is 20.7. The Morgan fingerprint density at radius 3 is 2.47 bits per heavy atom. The number of para-hydroxylation sites is 2. The van der Waals surface area contributed by atoms with Gasteiger partial charge in [0.15, 0.2) is 17.8 Å². The summed E-state index contributed by atoms with van der Waals surface area (Å²) in [4.78, 5) is 29.9. The minimum Gasteiger partial charge on any atom is -0.494 e. The third-order valence-electron chi connectivity index (χ3n) is 5.44. The molecule has 0 saturated heterocycles. The number of halogens is 4. The molecule has 0 aliphatic carbocycles. The zero-order chi connectivity index (χ0) is 27.6. The fourth-order valence-corrected chi connectivity index (χ4v) is 3.71. The van der Waals surface area contributed by atoms with E-state index in [2.05, 4.69) is 20.5 Å². The molecule has 2 heterocycles. The molecule has 200 valence electrons. The largest absolute Gasteiger partial charge is 0.494 e. The lowest BCUT2D eigenvalue weighted by Crippen LogP contribution is -2.37. The molecule has 1 amide bonds. The average molecular weight is 552 g/mol. The van der Waals surface area contributed by atoms with Gasteiger partial charge in [0.05, 0.1) is 13.7 Å². The summed E-state index contributed by atoms with van der Waals surface area (Å²) in [5.74, 6) is -0.472. The van der Waals surface area contributed by atoms with Crippen LogP contribution in [0.3, 0.4) is 0 Å². The summed E-state index contributed by atoms with van der Waals surface area (Å²) in [6, 6.07) is 12.6. The number of nitrogens with zero attached hydrogens (tertiary/aromatic N) is 6. The molecule has 0 aliphatic heterocycles. The fraction of sp³-hybridized carbons (Fsp3) is 0.261. The van der Waals surface area contributed by atoms with Gasteiger partial charge in [0.1, 0.15) is 18.0 Å². The number of aliphatic hydroxyl groups excluding tert-OH is 1. The number of benzene rings is 2. The molecular weight excluding hydrogens is 531 g/mol. The van der Waals surface area contributed by atoms with Crippen LogP contribution in [0.4, 0.5) is 13.2 Å². The van der Waals surface area contributed by atoms with Crippen LogP contribution in [0.25, 0.3) is 17.1 Å². The Labute approximate surface area is 218 Å². The Balaban J connectivity index is 1.80. The quantitative estimate of drug-likeness (QED) is 0.344. The lowest BCUT2D eigenvalue weighted by molar-refractivity contribution is -0.207. The molecule has 2 N–H and O–H groups in total. The van der Waals surface area contributed by atoms with Gasteiger partial charge in [-0.1, -0.05) is 23.7 Å². The molecular formula is C23H21ClF3N7O4. The second kappa shape index (κ2) is 10.7. The molecule has 0 radical (unpaired) electrons. The maximum atomic E-state index is 13.1. The van der Waals surface area contributed by atoms with Crippen molar-refractivity contribution < 1.29 is 27.8 Å². The van der Waals surface area contributed by atoms with Gasteiger partial charge in [-0.25, -0.2) is 19.1 Å². The molecule has 4 rings (SSSR count). The van der Waals surface area contributed by atoms with E-state index in [4.69, 9.17) is 16.3 Å². The van der Waals surface area contributed by atoms with Crippen molar-refractivity contribution in [3.63, 3.8) is 0 Å². The maximum absolute atomic E-state index is 13.1. The Morgan fingerprint density at radius 1 is 1.16 bits per heavy atom. The number of methoxy groups -OCH3 is 1. The van der Waals surface area contributed by atoms with E-state index in [0.29, 0.717) is 21.0 Å². The monoisotopic (exact) mass is 551 g/mol. The topological polar surface area (TPSA) is 129 Å². The van der Waals surface area contributed by atoms with E-state index in [0.717, 1.165) is 4.68 Å². The molecule has 0 saturated carbocycles. The van der Waals surface area contributed by atoms with Crippen molar-refractivity contribution in [1.29, 1.82) is 0 Å². The highest BCUT2D eigenvalue weighted by Crippen LogP contribution is 2.25. The summed E-state index contributed by atoms with van der Waals surface area (Å²) in [6.45, 7) is -1.48. The minimum atomic E-state index is -4.96. The summed E-state index contributed by atoms with van der Waals surface area (Å²) < 4.78 is 47.4. The minimum absolute atomic E-state index is 0.0275. The summed E-state index contributed by atoms with van der Waals surface area (Å²) in [7, 11) is 2.84. The van der Waals surface area contributed by atoms with Gasteiger partial charge in [-0.2, -0.15) is 13.2 Å². The molecule has 0 fully saturated rings. The van der Waals surface area contributed by atoms with Crippen LogP contribution in [0.5, 0.6) is 5.75 Å². The normalized spacial score (nSPS) is 12.4. The lowest BCUT2D eigenvalue weighted by atomic mass is 10.2. The first-order chi connectivity index (χ1) is 18.0. The van der Waals surface area contributed by atoms with Gasteiger partial charge in [0, 0.05) is 17.6 Å². The summed E-state index contributed by atoms with van der Waals surface area (Å²) >= 11 is 5.91. The van der Waals surface area contributed by atoms with Crippen molar-refractivity contribution in [1.82, 2.24) is 34.4 Å². The van der Waals surface area contributed by atoms with Gasteiger partial charge < -0.3 is 15.2 Å². The van der Waals surface area contributed by atoms with Crippen molar-refractivity contribution in [3.05, 3.63) is 75.7 Å². The third kappa shape index (κ3) is 5.40. The number of amides is 1. The van der Waals surface area contributed by atoms with Gasteiger partial charge >= 0.3 is 11.9 Å². The lowest BCUT2D eigenvalue weighted by Gasteiger charge is -2.15. The summed E-state index contributed by atoms with van der Waals surface area (Å²) in [6.07, 6.45) is -7.78. The highest BCUT2D eigenvalue weighted by molar-refractivity contribution is 6.30. The summed E-state index contributed by atoms with van der Waals surface area (Å²) in [5.41, 5.74) is -0.271. The number of aliphatic hydroxyl groups is 1. The molecule has 15 heteroatoms. The highest BCUT2D eigenvalue weighted by Gasteiger charge is 2.39. The average Bonchev–Trinajstić information content (AvgIpc) is 3.45. The number of aromatic nitrogens is 6. The van der Waals surface area contributed by atoms with Crippen LogP contribution in [0, 0.1) is 0 Å². The number of rotatable bonds is 8. The number of alkyl halides is 3. The van der Waals surface area contributed by atoms with E-state index in [1.807, 2.05) is 0 Å². The van der Waals surface area contributed by atoms with Gasteiger partial charge in [0.2, 0.25) is 5.82 Å². The molecule has 0 bridgehead atoms. The maximum Gasteiger partial charge on any atom is 0.416 e. The Hall–Kier alpha value is -4.17. The number of nitrogens with one attached hydrogen (secondary N) is 1. The Kier molecular flexibility index (Phi) is 7.55. The molecule has 11 nitrogen and oxygen atoms in total. The van der Waals surface area contributed by atoms with Crippen LogP contribution in [-0.2, 0) is 13.1 Å². The van der Waals surface area contributed by atoms with Crippen molar-refractivity contribution in [2.24, 2.45) is 0 Å². The molecule has 2 aromatic carbocycles. The van der Waals surface area contributed by atoms with Crippen molar-refractivity contribution in [2.45, 2.75) is 25.4 Å². The number of carbonyl (C=O) groups is 1. The van der Waals surface area contributed by atoms with E-state index in [-0.39, 0.29) is 29.6 Å². The fourth-order valence-electron chi connectivity index (χ4n) is 3.58. The predicted molar refractivity (Wildman–Crippen MR) is 129 cm³/mol. The smallest absolute Gasteiger partial charge is 0.416 e. The summed E-state index contributed by atoms with van der Waals surface area (Å²) in [5, 5.41) is 21.0.